The second-order valence-electron chi connectivity index (χ2n) is 3.49. The Morgan fingerprint density at radius 3 is 3.00 bits per heavy atom. The summed E-state index contributed by atoms with van der Waals surface area (Å²) in [6.45, 7) is 2.99. The van der Waals surface area contributed by atoms with Gasteiger partial charge in [0.25, 0.3) is 5.56 Å². The third kappa shape index (κ3) is 2.25. The Bertz CT molecular complexity index is 529. The molecule has 4 heteroatoms. The predicted octanol–water partition coefficient (Wildman–Crippen LogP) is 3.47. The molecule has 0 unspecified atom stereocenters. The van der Waals surface area contributed by atoms with E-state index in [1.165, 1.54) is 3.57 Å². The summed E-state index contributed by atoms with van der Waals surface area (Å²) in [4.78, 5) is 11.9. The largest absolute Gasteiger partial charge is 0.268 e. The minimum atomic E-state index is 0.167. The lowest BCUT2D eigenvalue weighted by Gasteiger charge is -1.95. The molecule has 80 valence electrons. The van der Waals surface area contributed by atoms with Crippen LogP contribution in [0.5, 0.6) is 0 Å². The number of halogens is 1. The van der Waals surface area contributed by atoms with Crippen LogP contribution < -0.4 is 5.56 Å². The first-order chi connectivity index (χ1) is 7.22. The van der Waals surface area contributed by atoms with Crippen molar-refractivity contribution in [3.8, 4) is 0 Å². The molecule has 15 heavy (non-hydrogen) atoms. The smallest absolute Gasteiger partial charge is 0.268 e. The SMILES string of the molecule is CCCCn1sc2cc(I)ccc2c1=O. The van der Waals surface area contributed by atoms with Crippen molar-refractivity contribution in [3.05, 3.63) is 32.1 Å². The highest BCUT2D eigenvalue weighted by Crippen LogP contribution is 2.19. The van der Waals surface area contributed by atoms with E-state index in [0.29, 0.717) is 0 Å². The van der Waals surface area contributed by atoms with Crippen molar-refractivity contribution in [1.29, 1.82) is 0 Å². The van der Waals surface area contributed by atoms with E-state index in [4.69, 9.17) is 0 Å². The van der Waals surface area contributed by atoms with Crippen LogP contribution in [0.2, 0.25) is 0 Å². The number of hydrogen-bond donors (Lipinski definition) is 0. The second-order valence-corrected chi connectivity index (χ2v) is 5.80. The summed E-state index contributed by atoms with van der Waals surface area (Å²) >= 11 is 3.85. The first-order valence-electron chi connectivity index (χ1n) is 5.01. The van der Waals surface area contributed by atoms with Crippen LogP contribution in [0.3, 0.4) is 0 Å². The van der Waals surface area contributed by atoms with Gasteiger partial charge in [-0.1, -0.05) is 24.9 Å². The van der Waals surface area contributed by atoms with E-state index < -0.39 is 0 Å². The fraction of sp³-hybridized carbons (Fsp3) is 0.364. The van der Waals surface area contributed by atoms with Gasteiger partial charge in [0.15, 0.2) is 0 Å². The Labute approximate surface area is 106 Å². The maximum atomic E-state index is 11.9. The van der Waals surface area contributed by atoms with Crippen LogP contribution in [-0.2, 0) is 6.54 Å². The maximum absolute atomic E-state index is 11.9. The van der Waals surface area contributed by atoms with E-state index in [9.17, 15) is 4.79 Å². The van der Waals surface area contributed by atoms with Gasteiger partial charge < -0.3 is 0 Å². The zero-order valence-electron chi connectivity index (χ0n) is 8.50. The monoisotopic (exact) mass is 333 g/mol. The first-order valence-corrected chi connectivity index (χ1v) is 6.87. The van der Waals surface area contributed by atoms with Crippen LogP contribution >= 0.6 is 34.1 Å². The minimum absolute atomic E-state index is 0.167. The summed E-state index contributed by atoms with van der Waals surface area (Å²) in [6, 6.07) is 5.99. The van der Waals surface area contributed by atoms with Crippen LogP contribution in [0.1, 0.15) is 19.8 Å². The minimum Gasteiger partial charge on any atom is -0.268 e. The molecule has 0 aliphatic carbocycles. The summed E-state index contributed by atoms with van der Waals surface area (Å²) in [6.07, 6.45) is 2.20. The summed E-state index contributed by atoms with van der Waals surface area (Å²) in [5.41, 5.74) is 0.167. The molecule has 2 aromatic rings. The van der Waals surface area contributed by atoms with Gasteiger partial charge in [0.2, 0.25) is 0 Å². The van der Waals surface area contributed by atoms with Gasteiger partial charge >= 0.3 is 0 Å². The molecule has 0 radical (unpaired) electrons. The molecule has 0 aliphatic rings. The number of fused-ring (bicyclic) bond motifs is 1. The van der Waals surface area contributed by atoms with Gasteiger partial charge in [-0.3, -0.25) is 8.75 Å². The Balaban J connectivity index is 2.49. The standard InChI is InChI=1S/C11H12INOS/c1-2-3-6-13-11(14)9-5-4-8(12)7-10(9)15-13/h4-5,7H,2-3,6H2,1H3. The number of rotatable bonds is 3. The third-order valence-corrected chi connectivity index (χ3v) is 4.10. The van der Waals surface area contributed by atoms with Crippen molar-refractivity contribution in [2.45, 2.75) is 26.3 Å². The van der Waals surface area contributed by atoms with Gasteiger partial charge in [-0.2, -0.15) is 0 Å². The Morgan fingerprint density at radius 2 is 2.27 bits per heavy atom. The van der Waals surface area contributed by atoms with E-state index in [-0.39, 0.29) is 5.56 Å². The zero-order chi connectivity index (χ0) is 10.8. The van der Waals surface area contributed by atoms with E-state index >= 15 is 0 Å². The topological polar surface area (TPSA) is 22.0 Å². The average Bonchev–Trinajstić information content (AvgIpc) is 2.52. The van der Waals surface area contributed by atoms with Gasteiger partial charge in [-0.25, -0.2) is 0 Å². The fourth-order valence-corrected chi connectivity index (χ4v) is 3.27. The molecular formula is C11H12INOS. The number of nitrogens with zero attached hydrogens (tertiary/aromatic N) is 1. The van der Waals surface area contributed by atoms with Crippen molar-refractivity contribution in [2.75, 3.05) is 0 Å². The van der Waals surface area contributed by atoms with Crippen LogP contribution in [-0.4, -0.2) is 3.96 Å². The lowest BCUT2D eigenvalue weighted by atomic mass is 10.3. The quantitative estimate of drug-likeness (QED) is 0.789. The second kappa shape index (κ2) is 4.65. The van der Waals surface area contributed by atoms with Crippen LogP contribution in [0.25, 0.3) is 10.1 Å². The molecule has 2 rings (SSSR count). The zero-order valence-corrected chi connectivity index (χ0v) is 11.5. The lowest BCUT2D eigenvalue weighted by Crippen LogP contribution is -2.12. The molecule has 1 aromatic carbocycles. The van der Waals surface area contributed by atoms with Gasteiger partial charge in [-0.05, 0) is 47.2 Å². The normalized spacial score (nSPS) is 11.1. The molecule has 0 saturated carbocycles. The molecule has 0 atom stereocenters. The molecule has 0 N–H and O–H groups in total. The number of aromatic nitrogens is 1. The van der Waals surface area contributed by atoms with Crippen LogP contribution in [0, 0.1) is 3.57 Å². The van der Waals surface area contributed by atoms with Gasteiger partial charge in [0, 0.05) is 10.1 Å². The van der Waals surface area contributed by atoms with Crippen molar-refractivity contribution < 1.29 is 0 Å². The molecule has 0 fully saturated rings. The Hall–Kier alpha value is -0.360. The van der Waals surface area contributed by atoms with Crippen molar-refractivity contribution in [3.63, 3.8) is 0 Å². The summed E-state index contributed by atoms with van der Waals surface area (Å²) in [5, 5.41) is 0.858. The van der Waals surface area contributed by atoms with E-state index in [0.717, 1.165) is 29.5 Å². The van der Waals surface area contributed by atoms with E-state index in [2.05, 4.69) is 35.6 Å². The van der Waals surface area contributed by atoms with E-state index in [1.54, 1.807) is 11.5 Å². The highest BCUT2D eigenvalue weighted by molar-refractivity contribution is 14.1. The number of benzene rings is 1. The first kappa shape index (κ1) is 11.1. The molecule has 0 saturated heterocycles. The summed E-state index contributed by atoms with van der Waals surface area (Å²) in [5.74, 6) is 0. The molecule has 1 aromatic heterocycles. The maximum Gasteiger partial charge on any atom is 0.268 e. The molecule has 1 heterocycles. The van der Waals surface area contributed by atoms with Crippen molar-refractivity contribution >= 4 is 44.2 Å². The number of unbranched alkanes of at least 4 members (excludes halogenated alkanes) is 1. The van der Waals surface area contributed by atoms with Crippen molar-refractivity contribution in [2.24, 2.45) is 0 Å². The number of hydrogen-bond acceptors (Lipinski definition) is 2. The highest BCUT2D eigenvalue weighted by atomic mass is 127. The molecule has 0 spiro atoms. The third-order valence-electron chi connectivity index (χ3n) is 2.32. The Kier molecular flexibility index (Phi) is 3.45. The van der Waals surface area contributed by atoms with Crippen LogP contribution in [0.15, 0.2) is 23.0 Å². The average molecular weight is 333 g/mol. The Morgan fingerprint density at radius 1 is 1.47 bits per heavy atom. The van der Waals surface area contributed by atoms with E-state index in [1.807, 2.05) is 16.1 Å². The molecule has 0 aliphatic heterocycles. The lowest BCUT2D eigenvalue weighted by molar-refractivity contribution is 0.660. The molecule has 0 amide bonds. The molecule has 0 bridgehead atoms. The predicted molar refractivity (Wildman–Crippen MR) is 73.7 cm³/mol. The van der Waals surface area contributed by atoms with Gasteiger partial charge in [0.05, 0.1) is 10.1 Å². The summed E-state index contributed by atoms with van der Waals surface area (Å²) in [7, 11) is 0. The number of aryl methyl sites for hydroxylation is 1. The molecule has 2 nitrogen and oxygen atoms in total. The van der Waals surface area contributed by atoms with Crippen LogP contribution in [0.4, 0.5) is 0 Å². The molecular weight excluding hydrogens is 321 g/mol. The van der Waals surface area contributed by atoms with Gasteiger partial charge in [-0.15, -0.1) is 0 Å². The van der Waals surface area contributed by atoms with Gasteiger partial charge in [0.1, 0.15) is 0 Å². The highest BCUT2D eigenvalue weighted by Gasteiger charge is 2.06. The van der Waals surface area contributed by atoms with Crippen molar-refractivity contribution in [1.82, 2.24) is 3.96 Å². The fourth-order valence-electron chi connectivity index (χ4n) is 1.49. The summed E-state index contributed by atoms with van der Waals surface area (Å²) < 4.78 is 4.15.